The van der Waals surface area contributed by atoms with E-state index >= 15 is 0 Å². The van der Waals surface area contributed by atoms with Gasteiger partial charge in [-0.25, -0.2) is 13.1 Å². The summed E-state index contributed by atoms with van der Waals surface area (Å²) in [7, 11) is -3.45. The van der Waals surface area contributed by atoms with E-state index in [1.165, 1.54) is 11.8 Å². The van der Waals surface area contributed by atoms with Crippen molar-refractivity contribution in [3.8, 4) is 0 Å². The molecule has 0 bridgehead atoms. The Bertz CT molecular complexity index is 701. The Kier molecular flexibility index (Phi) is 6.51. The number of hydrogen-bond donors (Lipinski definition) is 1. The molecule has 0 radical (unpaired) electrons. The molecule has 1 aliphatic heterocycles. The van der Waals surface area contributed by atoms with Crippen LogP contribution in [0.25, 0.3) is 6.08 Å². The van der Waals surface area contributed by atoms with Crippen LogP contribution in [0.4, 0.5) is 0 Å². The van der Waals surface area contributed by atoms with Gasteiger partial charge in [0.25, 0.3) is 0 Å². The Labute approximate surface area is 157 Å². The van der Waals surface area contributed by atoms with Gasteiger partial charge in [0.2, 0.25) is 10.0 Å². The van der Waals surface area contributed by atoms with Gasteiger partial charge in [0.15, 0.2) is 0 Å². The summed E-state index contributed by atoms with van der Waals surface area (Å²) in [5.74, 6) is 0. The highest BCUT2D eigenvalue weighted by atomic mass is 32.2. The van der Waals surface area contributed by atoms with Crippen LogP contribution < -0.4 is 4.72 Å². The molecule has 1 heterocycles. The average Bonchev–Trinajstić information content (AvgIpc) is 2.68. The van der Waals surface area contributed by atoms with Gasteiger partial charge in [-0.1, -0.05) is 49.1 Å². The van der Waals surface area contributed by atoms with Crippen molar-refractivity contribution in [1.82, 2.24) is 9.62 Å². The molecule has 0 atom stereocenters. The van der Waals surface area contributed by atoms with Crippen molar-refractivity contribution in [1.29, 1.82) is 0 Å². The molecule has 0 spiro atoms. The molecular weight excluding hydrogens is 348 g/mol. The van der Waals surface area contributed by atoms with Gasteiger partial charge in [-0.05, 0) is 31.4 Å². The van der Waals surface area contributed by atoms with Crippen molar-refractivity contribution in [2.45, 2.75) is 44.6 Å². The fraction of sp³-hybridized carbons (Fsp3) is 0.600. The van der Waals surface area contributed by atoms with Gasteiger partial charge < -0.3 is 4.74 Å². The molecule has 1 N–H and O–H groups in total. The second-order valence-electron chi connectivity index (χ2n) is 7.46. The molecule has 0 aromatic heterocycles. The molecule has 1 aromatic carbocycles. The number of morpholine rings is 1. The van der Waals surface area contributed by atoms with Gasteiger partial charge in [-0.3, -0.25) is 4.90 Å². The standard InChI is InChI=1S/C20H30N2O3S/c1-18-5-7-19(8-6-18)9-16-26(23,24)21-17-20(10-3-2-4-11-20)22-12-14-25-15-13-22/h5-9,16,21H,2-4,10-15,17H2,1H3/b16-9+. The van der Waals surface area contributed by atoms with Crippen LogP contribution in [-0.4, -0.2) is 51.7 Å². The molecule has 2 aliphatic rings. The van der Waals surface area contributed by atoms with Crippen LogP contribution in [0.2, 0.25) is 0 Å². The minimum absolute atomic E-state index is 0.0627. The Balaban J connectivity index is 1.66. The molecule has 6 heteroatoms. The summed E-state index contributed by atoms with van der Waals surface area (Å²) < 4.78 is 33.3. The van der Waals surface area contributed by atoms with E-state index in [-0.39, 0.29) is 5.54 Å². The fourth-order valence-corrected chi connectivity index (χ4v) is 4.88. The molecule has 2 fully saturated rings. The number of nitrogens with one attached hydrogen (secondary N) is 1. The first-order chi connectivity index (χ1) is 12.5. The number of benzene rings is 1. The molecule has 5 nitrogen and oxygen atoms in total. The predicted molar refractivity (Wildman–Crippen MR) is 105 cm³/mol. The second kappa shape index (κ2) is 8.65. The average molecular weight is 379 g/mol. The van der Waals surface area contributed by atoms with Gasteiger partial charge in [-0.15, -0.1) is 0 Å². The van der Waals surface area contributed by atoms with E-state index in [0.717, 1.165) is 63.1 Å². The Hall–Kier alpha value is -1.21. The summed E-state index contributed by atoms with van der Waals surface area (Å²) in [6.07, 6.45) is 7.33. The molecule has 3 rings (SSSR count). The third-order valence-electron chi connectivity index (χ3n) is 5.59. The van der Waals surface area contributed by atoms with Crippen molar-refractivity contribution < 1.29 is 13.2 Å². The number of ether oxygens (including phenoxy) is 1. The van der Waals surface area contributed by atoms with Crippen LogP contribution in [-0.2, 0) is 14.8 Å². The zero-order chi connectivity index (χ0) is 18.5. The van der Waals surface area contributed by atoms with E-state index in [2.05, 4.69) is 9.62 Å². The van der Waals surface area contributed by atoms with Crippen molar-refractivity contribution in [2.75, 3.05) is 32.8 Å². The van der Waals surface area contributed by atoms with Crippen molar-refractivity contribution in [3.63, 3.8) is 0 Å². The van der Waals surface area contributed by atoms with Crippen molar-refractivity contribution in [2.24, 2.45) is 0 Å². The largest absolute Gasteiger partial charge is 0.379 e. The third-order valence-corrected chi connectivity index (χ3v) is 6.63. The van der Waals surface area contributed by atoms with E-state index < -0.39 is 10.0 Å². The van der Waals surface area contributed by atoms with Crippen LogP contribution in [0.5, 0.6) is 0 Å². The maximum Gasteiger partial charge on any atom is 0.233 e. The predicted octanol–water partition coefficient (Wildman–Crippen LogP) is 2.92. The minimum atomic E-state index is -3.45. The Morgan fingerprint density at radius 1 is 1.12 bits per heavy atom. The molecule has 1 saturated carbocycles. The lowest BCUT2D eigenvalue weighted by Crippen LogP contribution is -2.59. The fourth-order valence-electron chi connectivity index (χ4n) is 3.98. The first-order valence-electron chi connectivity index (χ1n) is 9.56. The summed E-state index contributed by atoms with van der Waals surface area (Å²) >= 11 is 0. The molecule has 0 amide bonds. The normalized spacial score (nSPS) is 21.9. The summed E-state index contributed by atoms with van der Waals surface area (Å²) in [5, 5.41) is 1.29. The van der Waals surface area contributed by atoms with Crippen LogP contribution in [0, 0.1) is 6.92 Å². The van der Waals surface area contributed by atoms with Gasteiger partial charge in [0.05, 0.1) is 13.2 Å². The van der Waals surface area contributed by atoms with Crippen molar-refractivity contribution >= 4 is 16.1 Å². The number of aryl methyl sites for hydroxylation is 1. The lowest BCUT2D eigenvalue weighted by atomic mass is 9.80. The number of sulfonamides is 1. The lowest BCUT2D eigenvalue weighted by molar-refractivity contribution is -0.0348. The van der Waals surface area contributed by atoms with Gasteiger partial charge in [-0.2, -0.15) is 0 Å². The number of rotatable bonds is 6. The highest BCUT2D eigenvalue weighted by molar-refractivity contribution is 7.92. The van der Waals surface area contributed by atoms with Crippen LogP contribution in [0.1, 0.15) is 43.2 Å². The highest BCUT2D eigenvalue weighted by Gasteiger charge is 2.39. The zero-order valence-electron chi connectivity index (χ0n) is 15.6. The molecule has 26 heavy (non-hydrogen) atoms. The SMILES string of the molecule is Cc1ccc(/C=C/S(=O)(=O)NCC2(N3CCOCC3)CCCCC2)cc1. The Morgan fingerprint density at radius 2 is 1.77 bits per heavy atom. The van der Waals surface area contributed by atoms with E-state index in [1.807, 2.05) is 31.2 Å². The summed E-state index contributed by atoms with van der Waals surface area (Å²) in [5.41, 5.74) is 1.99. The summed E-state index contributed by atoms with van der Waals surface area (Å²) in [6.45, 7) is 5.75. The van der Waals surface area contributed by atoms with Gasteiger partial charge >= 0.3 is 0 Å². The van der Waals surface area contributed by atoms with E-state index in [0.29, 0.717) is 6.54 Å². The van der Waals surface area contributed by atoms with Crippen LogP contribution in [0.3, 0.4) is 0 Å². The molecule has 144 valence electrons. The Morgan fingerprint density at radius 3 is 2.42 bits per heavy atom. The first kappa shape index (κ1) is 19.5. The summed E-state index contributed by atoms with van der Waals surface area (Å²) in [4.78, 5) is 2.45. The maximum absolute atomic E-state index is 12.5. The van der Waals surface area contributed by atoms with E-state index in [4.69, 9.17) is 4.74 Å². The van der Waals surface area contributed by atoms with Crippen LogP contribution in [0.15, 0.2) is 29.7 Å². The van der Waals surface area contributed by atoms with Crippen molar-refractivity contribution in [3.05, 3.63) is 40.8 Å². The van der Waals surface area contributed by atoms with E-state index in [1.54, 1.807) is 6.08 Å². The maximum atomic E-state index is 12.5. The van der Waals surface area contributed by atoms with Gasteiger partial charge in [0.1, 0.15) is 0 Å². The molecular formula is C20H30N2O3S. The van der Waals surface area contributed by atoms with Gasteiger partial charge in [0, 0.05) is 30.6 Å². The number of hydrogen-bond acceptors (Lipinski definition) is 4. The van der Waals surface area contributed by atoms with Crippen LogP contribution >= 0.6 is 0 Å². The smallest absolute Gasteiger partial charge is 0.233 e. The first-order valence-corrected chi connectivity index (χ1v) is 11.1. The molecule has 1 saturated heterocycles. The monoisotopic (exact) mass is 378 g/mol. The lowest BCUT2D eigenvalue weighted by Gasteiger charge is -2.48. The topological polar surface area (TPSA) is 58.6 Å². The second-order valence-corrected chi connectivity index (χ2v) is 9.11. The molecule has 0 unspecified atom stereocenters. The minimum Gasteiger partial charge on any atom is -0.379 e. The van der Waals surface area contributed by atoms with E-state index in [9.17, 15) is 8.42 Å². The molecule has 1 aliphatic carbocycles. The summed E-state index contributed by atoms with van der Waals surface area (Å²) in [6, 6.07) is 7.82. The molecule has 1 aromatic rings. The number of nitrogens with zero attached hydrogens (tertiary/aromatic N) is 1. The highest BCUT2D eigenvalue weighted by Crippen LogP contribution is 2.34. The third kappa shape index (κ3) is 5.16. The quantitative estimate of drug-likeness (QED) is 0.827. The zero-order valence-corrected chi connectivity index (χ0v) is 16.4.